The summed E-state index contributed by atoms with van der Waals surface area (Å²) in [6.45, 7) is 8.59. The summed E-state index contributed by atoms with van der Waals surface area (Å²) < 4.78 is 0. The summed E-state index contributed by atoms with van der Waals surface area (Å²) >= 11 is 0. The third-order valence-electron chi connectivity index (χ3n) is 5.31. The first-order valence-corrected chi connectivity index (χ1v) is 9.26. The molecule has 138 valence electrons. The van der Waals surface area contributed by atoms with E-state index in [4.69, 9.17) is 5.11 Å². The van der Waals surface area contributed by atoms with Crippen LogP contribution in [-0.4, -0.2) is 35.1 Å². The molecule has 1 atom stereocenters. The van der Waals surface area contributed by atoms with Crippen LogP contribution in [0, 0.1) is 5.41 Å². The molecule has 2 N–H and O–H groups in total. The van der Waals surface area contributed by atoms with Crippen LogP contribution in [-0.2, 0) is 13.1 Å². The van der Waals surface area contributed by atoms with E-state index in [9.17, 15) is 4.79 Å². The van der Waals surface area contributed by atoms with E-state index >= 15 is 0 Å². The SMILES string of the molecule is CC1(C)CN(Cc2ccccc2)CCC1NCc1ccc(C(=O)O)cc1. The number of likely N-dealkylation sites (tertiary alicyclic amines) is 1. The topological polar surface area (TPSA) is 52.6 Å². The van der Waals surface area contributed by atoms with Crippen molar-refractivity contribution in [3.05, 3.63) is 71.3 Å². The lowest BCUT2D eigenvalue weighted by molar-refractivity contribution is 0.0697. The maximum Gasteiger partial charge on any atom is 0.335 e. The molecule has 0 saturated carbocycles. The van der Waals surface area contributed by atoms with E-state index in [0.29, 0.717) is 11.6 Å². The third-order valence-corrected chi connectivity index (χ3v) is 5.31. The van der Waals surface area contributed by atoms with E-state index in [1.165, 1.54) is 5.56 Å². The third kappa shape index (κ3) is 4.71. The minimum Gasteiger partial charge on any atom is -0.478 e. The zero-order chi connectivity index (χ0) is 18.6. The molecule has 1 saturated heterocycles. The summed E-state index contributed by atoms with van der Waals surface area (Å²) in [6.07, 6.45) is 1.12. The second kappa shape index (κ2) is 8.02. The Morgan fingerprint density at radius 3 is 2.42 bits per heavy atom. The highest BCUT2D eigenvalue weighted by atomic mass is 16.4. The van der Waals surface area contributed by atoms with Gasteiger partial charge in [0.05, 0.1) is 5.56 Å². The van der Waals surface area contributed by atoms with Gasteiger partial charge >= 0.3 is 5.97 Å². The van der Waals surface area contributed by atoms with Gasteiger partial charge in [-0.05, 0) is 35.1 Å². The lowest BCUT2D eigenvalue weighted by atomic mass is 9.79. The predicted molar refractivity (Wildman–Crippen MR) is 104 cm³/mol. The number of hydrogen-bond acceptors (Lipinski definition) is 3. The van der Waals surface area contributed by atoms with Crippen LogP contribution in [0.2, 0.25) is 0 Å². The summed E-state index contributed by atoms with van der Waals surface area (Å²) in [5.74, 6) is -0.878. The molecule has 0 amide bonds. The van der Waals surface area contributed by atoms with Crippen molar-refractivity contribution in [1.82, 2.24) is 10.2 Å². The molecule has 0 aromatic heterocycles. The molecule has 2 aromatic carbocycles. The lowest BCUT2D eigenvalue weighted by Gasteiger charge is -2.45. The van der Waals surface area contributed by atoms with E-state index in [1.807, 2.05) is 12.1 Å². The molecule has 1 heterocycles. The van der Waals surface area contributed by atoms with Gasteiger partial charge < -0.3 is 10.4 Å². The number of nitrogens with one attached hydrogen (secondary N) is 1. The Labute approximate surface area is 155 Å². The van der Waals surface area contributed by atoms with Crippen molar-refractivity contribution in [2.45, 2.75) is 39.4 Å². The molecular weight excluding hydrogens is 324 g/mol. The first-order valence-electron chi connectivity index (χ1n) is 9.26. The molecule has 0 radical (unpaired) electrons. The molecule has 0 spiro atoms. The van der Waals surface area contributed by atoms with Crippen molar-refractivity contribution in [2.24, 2.45) is 5.41 Å². The van der Waals surface area contributed by atoms with Gasteiger partial charge in [0.15, 0.2) is 0 Å². The quantitative estimate of drug-likeness (QED) is 0.831. The van der Waals surface area contributed by atoms with E-state index in [0.717, 1.165) is 38.2 Å². The van der Waals surface area contributed by atoms with Gasteiger partial charge in [-0.15, -0.1) is 0 Å². The fourth-order valence-corrected chi connectivity index (χ4v) is 3.83. The molecule has 2 aromatic rings. The standard InChI is InChI=1S/C22H28N2O2/c1-22(2)16-24(15-18-6-4-3-5-7-18)13-12-20(22)23-14-17-8-10-19(11-9-17)21(25)26/h3-11,20,23H,12-16H2,1-2H3,(H,25,26). The highest BCUT2D eigenvalue weighted by Gasteiger charge is 2.35. The number of benzene rings is 2. The molecule has 1 aliphatic heterocycles. The Hall–Kier alpha value is -2.17. The van der Waals surface area contributed by atoms with Gasteiger partial charge in [0.1, 0.15) is 0 Å². The predicted octanol–water partition coefficient (Wildman–Crippen LogP) is 3.78. The molecule has 0 aliphatic carbocycles. The van der Waals surface area contributed by atoms with Crippen LogP contribution < -0.4 is 5.32 Å². The zero-order valence-corrected chi connectivity index (χ0v) is 15.6. The van der Waals surface area contributed by atoms with Gasteiger partial charge in [-0.2, -0.15) is 0 Å². The summed E-state index contributed by atoms with van der Waals surface area (Å²) in [7, 11) is 0. The molecule has 26 heavy (non-hydrogen) atoms. The van der Waals surface area contributed by atoms with E-state index in [-0.39, 0.29) is 5.41 Å². The highest BCUT2D eigenvalue weighted by molar-refractivity contribution is 5.87. The second-order valence-electron chi connectivity index (χ2n) is 7.91. The molecule has 0 bridgehead atoms. The molecule has 3 rings (SSSR count). The average molecular weight is 352 g/mol. The van der Waals surface area contributed by atoms with Crippen molar-refractivity contribution in [3.8, 4) is 0 Å². The number of nitrogens with zero attached hydrogens (tertiary/aromatic N) is 1. The van der Waals surface area contributed by atoms with E-state index in [2.05, 4.69) is 54.4 Å². The van der Waals surface area contributed by atoms with Crippen molar-refractivity contribution >= 4 is 5.97 Å². The Bertz CT molecular complexity index is 726. The summed E-state index contributed by atoms with van der Waals surface area (Å²) in [5.41, 5.74) is 3.02. The molecule has 1 aliphatic rings. The van der Waals surface area contributed by atoms with Gasteiger partial charge in [0.25, 0.3) is 0 Å². The van der Waals surface area contributed by atoms with Gasteiger partial charge in [-0.3, -0.25) is 4.90 Å². The molecule has 1 fully saturated rings. The molecule has 1 unspecified atom stereocenters. The van der Waals surface area contributed by atoms with Crippen LogP contribution in [0.5, 0.6) is 0 Å². The molecular formula is C22H28N2O2. The van der Waals surface area contributed by atoms with Crippen LogP contribution in [0.25, 0.3) is 0 Å². The fraction of sp³-hybridized carbons (Fsp3) is 0.409. The minimum absolute atomic E-state index is 0.189. The Morgan fingerprint density at radius 2 is 1.81 bits per heavy atom. The van der Waals surface area contributed by atoms with Gasteiger partial charge in [0, 0.05) is 32.2 Å². The van der Waals surface area contributed by atoms with Crippen LogP contribution in [0.15, 0.2) is 54.6 Å². The van der Waals surface area contributed by atoms with E-state index in [1.54, 1.807) is 12.1 Å². The smallest absolute Gasteiger partial charge is 0.335 e. The maximum absolute atomic E-state index is 10.9. The second-order valence-corrected chi connectivity index (χ2v) is 7.91. The Morgan fingerprint density at radius 1 is 1.12 bits per heavy atom. The number of carbonyl (C=O) groups is 1. The van der Waals surface area contributed by atoms with Gasteiger partial charge in [0.2, 0.25) is 0 Å². The van der Waals surface area contributed by atoms with Crippen molar-refractivity contribution < 1.29 is 9.90 Å². The normalized spacial score (nSPS) is 20.0. The van der Waals surface area contributed by atoms with Crippen LogP contribution in [0.3, 0.4) is 0 Å². The summed E-state index contributed by atoms with van der Waals surface area (Å²) in [4.78, 5) is 13.5. The summed E-state index contributed by atoms with van der Waals surface area (Å²) in [6, 6.07) is 18.2. The lowest BCUT2D eigenvalue weighted by Crippen LogP contribution is -2.53. The van der Waals surface area contributed by atoms with Gasteiger partial charge in [-0.25, -0.2) is 4.79 Å². The average Bonchev–Trinajstić information content (AvgIpc) is 2.61. The van der Waals surface area contributed by atoms with E-state index < -0.39 is 5.97 Å². The van der Waals surface area contributed by atoms with Crippen molar-refractivity contribution in [1.29, 1.82) is 0 Å². The van der Waals surface area contributed by atoms with Crippen LogP contribution >= 0.6 is 0 Å². The maximum atomic E-state index is 10.9. The first kappa shape index (κ1) is 18.6. The fourth-order valence-electron chi connectivity index (χ4n) is 3.83. The zero-order valence-electron chi connectivity index (χ0n) is 15.6. The minimum atomic E-state index is -0.878. The molecule has 4 heteroatoms. The number of carboxylic acid groups (broad SMARTS) is 1. The number of aromatic carboxylic acids is 1. The van der Waals surface area contributed by atoms with Gasteiger partial charge in [-0.1, -0.05) is 56.3 Å². The first-order chi connectivity index (χ1) is 12.4. The monoisotopic (exact) mass is 352 g/mol. The number of carboxylic acids is 1. The molecule has 4 nitrogen and oxygen atoms in total. The number of piperidine rings is 1. The number of hydrogen-bond donors (Lipinski definition) is 2. The van der Waals surface area contributed by atoms with Crippen LogP contribution in [0.4, 0.5) is 0 Å². The van der Waals surface area contributed by atoms with Crippen molar-refractivity contribution in [2.75, 3.05) is 13.1 Å². The Kier molecular flexibility index (Phi) is 5.74. The number of rotatable bonds is 6. The highest BCUT2D eigenvalue weighted by Crippen LogP contribution is 2.30. The Balaban J connectivity index is 1.54. The largest absolute Gasteiger partial charge is 0.478 e. The summed E-state index contributed by atoms with van der Waals surface area (Å²) in [5, 5.41) is 12.7. The van der Waals surface area contributed by atoms with Crippen LogP contribution in [0.1, 0.15) is 41.8 Å². The van der Waals surface area contributed by atoms with Crippen molar-refractivity contribution in [3.63, 3.8) is 0 Å².